The number of piperidine rings is 1. The van der Waals surface area contributed by atoms with Crippen LogP contribution in [-0.4, -0.2) is 23.9 Å². The van der Waals surface area contributed by atoms with Crippen molar-refractivity contribution in [2.24, 2.45) is 5.92 Å². The van der Waals surface area contributed by atoms with Crippen molar-refractivity contribution in [3.63, 3.8) is 0 Å². The average molecular weight is 267 g/mol. The number of rotatable bonds is 9. The molecule has 0 unspecified atom stereocenters. The fourth-order valence-corrected chi connectivity index (χ4v) is 2.83. The van der Waals surface area contributed by atoms with Crippen molar-refractivity contribution in [3.8, 4) is 0 Å². The summed E-state index contributed by atoms with van der Waals surface area (Å²) in [5.74, 6) is 1.21. The molecule has 0 aliphatic carbocycles. The molecule has 112 valence electrons. The van der Waals surface area contributed by atoms with E-state index < -0.39 is 0 Å². The van der Waals surface area contributed by atoms with Gasteiger partial charge in [-0.2, -0.15) is 0 Å². The fourth-order valence-electron chi connectivity index (χ4n) is 2.83. The summed E-state index contributed by atoms with van der Waals surface area (Å²) in [6.07, 6.45) is 13.7. The lowest BCUT2D eigenvalue weighted by Crippen LogP contribution is -2.37. The van der Waals surface area contributed by atoms with Crippen molar-refractivity contribution in [2.45, 2.75) is 84.5 Å². The lowest BCUT2D eigenvalue weighted by molar-refractivity contribution is -0.132. The first-order chi connectivity index (χ1) is 9.24. The number of hydrogen-bond donors (Lipinski definition) is 0. The Morgan fingerprint density at radius 3 is 2.05 bits per heavy atom. The highest BCUT2D eigenvalue weighted by atomic mass is 16.2. The second-order valence-electron chi connectivity index (χ2n) is 6.29. The van der Waals surface area contributed by atoms with Crippen molar-refractivity contribution in [1.29, 1.82) is 0 Å². The van der Waals surface area contributed by atoms with Crippen molar-refractivity contribution in [3.05, 3.63) is 0 Å². The lowest BCUT2D eigenvalue weighted by Gasteiger charge is -2.30. The minimum absolute atomic E-state index is 0.401. The minimum atomic E-state index is 0.401. The van der Waals surface area contributed by atoms with Gasteiger partial charge in [0.15, 0.2) is 0 Å². The van der Waals surface area contributed by atoms with Crippen LogP contribution in [0.5, 0.6) is 0 Å². The molecule has 0 saturated carbocycles. The van der Waals surface area contributed by atoms with Gasteiger partial charge in [0.25, 0.3) is 0 Å². The van der Waals surface area contributed by atoms with E-state index in [4.69, 9.17) is 0 Å². The highest BCUT2D eigenvalue weighted by Gasteiger charge is 2.19. The molecule has 0 atom stereocenters. The Balaban J connectivity index is 1.93. The van der Waals surface area contributed by atoms with Gasteiger partial charge in [0.2, 0.25) is 5.91 Å². The third-order valence-electron chi connectivity index (χ3n) is 4.38. The number of carbonyl (C=O) groups is 1. The van der Waals surface area contributed by atoms with E-state index in [1.165, 1.54) is 57.8 Å². The van der Waals surface area contributed by atoms with Gasteiger partial charge in [0.1, 0.15) is 0 Å². The maximum absolute atomic E-state index is 12.0. The van der Waals surface area contributed by atoms with E-state index in [0.29, 0.717) is 5.91 Å². The van der Waals surface area contributed by atoms with E-state index in [2.05, 4.69) is 18.7 Å². The molecular weight excluding hydrogens is 234 g/mol. The van der Waals surface area contributed by atoms with Crippen LogP contribution in [0.4, 0.5) is 0 Å². The zero-order chi connectivity index (χ0) is 13.9. The third-order valence-corrected chi connectivity index (χ3v) is 4.38. The van der Waals surface area contributed by atoms with Crippen LogP contribution in [-0.2, 0) is 4.79 Å². The predicted molar refractivity (Wildman–Crippen MR) is 82.2 cm³/mol. The summed E-state index contributed by atoms with van der Waals surface area (Å²) >= 11 is 0. The Morgan fingerprint density at radius 2 is 1.47 bits per heavy atom. The summed E-state index contributed by atoms with van der Waals surface area (Å²) < 4.78 is 0. The summed E-state index contributed by atoms with van der Waals surface area (Å²) in [6, 6.07) is 0. The normalized spacial score (nSPS) is 16.8. The second-order valence-corrected chi connectivity index (χ2v) is 6.29. The standard InChI is InChI=1S/C17H33NO/c1-3-4-5-6-7-8-9-10-11-17(19)18-14-12-16(2)13-15-18/h16H,3-15H2,1-2H3. The number of likely N-dealkylation sites (tertiary alicyclic amines) is 1. The van der Waals surface area contributed by atoms with Crippen LogP contribution in [0.25, 0.3) is 0 Å². The van der Waals surface area contributed by atoms with E-state index in [9.17, 15) is 4.79 Å². The van der Waals surface area contributed by atoms with Crippen LogP contribution >= 0.6 is 0 Å². The molecule has 1 aliphatic heterocycles. The molecule has 0 bridgehead atoms. The van der Waals surface area contributed by atoms with Gasteiger partial charge >= 0.3 is 0 Å². The van der Waals surface area contributed by atoms with Crippen LogP contribution in [0.1, 0.15) is 84.5 Å². The second kappa shape index (κ2) is 10.3. The van der Waals surface area contributed by atoms with E-state index in [1.807, 2.05) is 0 Å². The Bertz CT molecular complexity index is 231. The minimum Gasteiger partial charge on any atom is -0.343 e. The Morgan fingerprint density at radius 1 is 0.947 bits per heavy atom. The van der Waals surface area contributed by atoms with Gasteiger partial charge in [-0.15, -0.1) is 0 Å². The summed E-state index contributed by atoms with van der Waals surface area (Å²) in [6.45, 7) is 6.54. The van der Waals surface area contributed by atoms with E-state index >= 15 is 0 Å². The summed E-state index contributed by atoms with van der Waals surface area (Å²) in [4.78, 5) is 14.1. The summed E-state index contributed by atoms with van der Waals surface area (Å²) in [5.41, 5.74) is 0. The zero-order valence-electron chi connectivity index (χ0n) is 13.1. The number of hydrogen-bond acceptors (Lipinski definition) is 1. The Hall–Kier alpha value is -0.530. The van der Waals surface area contributed by atoms with Crippen LogP contribution < -0.4 is 0 Å². The smallest absolute Gasteiger partial charge is 0.222 e. The molecule has 0 radical (unpaired) electrons. The number of unbranched alkanes of at least 4 members (excludes halogenated alkanes) is 7. The first kappa shape index (κ1) is 16.5. The monoisotopic (exact) mass is 267 g/mol. The average Bonchev–Trinajstić information content (AvgIpc) is 2.42. The molecule has 0 aromatic carbocycles. The molecule has 0 N–H and O–H groups in total. The molecule has 19 heavy (non-hydrogen) atoms. The summed E-state index contributed by atoms with van der Waals surface area (Å²) in [7, 11) is 0. The molecule has 1 fully saturated rings. The van der Waals surface area contributed by atoms with Gasteiger partial charge < -0.3 is 4.90 Å². The SMILES string of the molecule is CCCCCCCCCCC(=O)N1CCC(C)CC1. The maximum Gasteiger partial charge on any atom is 0.222 e. The Kier molecular flexibility index (Phi) is 8.94. The first-order valence-corrected chi connectivity index (χ1v) is 8.51. The maximum atomic E-state index is 12.0. The van der Waals surface area contributed by atoms with Crippen LogP contribution in [0, 0.1) is 5.92 Å². The van der Waals surface area contributed by atoms with Crippen molar-refractivity contribution >= 4 is 5.91 Å². The molecule has 1 saturated heterocycles. The highest BCUT2D eigenvalue weighted by Crippen LogP contribution is 2.17. The molecule has 2 nitrogen and oxygen atoms in total. The molecule has 1 heterocycles. The number of amides is 1. The van der Waals surface area contributed by atoms with E-state index in [0.717, 1.165) is 31.8 Å². The van der Waals surface area contributed by atoms with Crippen LogP contribution in [0.15, 0.2) is 0 Å². The molecule has 0 aromatic rings. The fraction of sp³-hybridized carbons (Fsp3) is 0.941. The number of carbonyl (C=O) groups excluding carboxylic acids is 1. The van der Waals surface area contributed by atoms with Gasteiger partial charge in [0, 0.05) is 19.5 Å². The van der Waals surface area contributed by atoms with Gasteiger partial charge in [-0.1, -0.05) is 58.8 Å². The third kappa shape index (κ3) is 7.59. The molecule has 1 aliphatic rings. The molecular formula is C17H33NO. The van der Waals surface area contributed by atoms with Gasteiger partial charge in [-0.05, 0) is 25.2 Å². The van der Waals surface area contributed by atoms with Crippen molar-refractivity contribution in [1.82, 2.24) is 4.90 Å². The van der Waals surface area contributed by atoms with Gasteiger partial charge in [-0.3, -0.25) is 4.79 Å². The molecule has 0 spiro atoms. The van der Waals surface area contributed by atoms with Gasteiger partial charge in [-0.25, -0.2) is 0 Å². The lowest BCUT2D eigenvalue weighted by atomic mass is 9.99. The summed E-state index contributed by atoms with van der Waals surface area (Å²) in [5, 5.41) is 0. The van der Waals surface area contributed by atoms with Crippen LogP contribution in [0.2, 0.25) is 0 Å². The molecule has 0 aromatic heterocycles. The van der Waals surface area contributed by atoms with Crippen molar-refractivity contribution < 1.29 is 4.79 Å². The van der Waals surface area contributed by atoms with Gasteiger partial charge in [0.05, 0.1) is 0 Å². The largest absolute Gasteiger partial charge is 0.343 e. The molecule has 1 rings (SSSR count). The predicted octanol–water partition coefficient (Wildman–Crippen LogP) is 4.78. The Labute approximate surface area is 119 Å². The first-order valence-electron chi connectivity index (χ1n) is 8.51. The van der Waals surface area contributed by atoms with Crippen molar-refractivity contribution in [2.75, 3.05) is 13.1 Å². The van der Waals surface area contributed by atoms with E-state index in [1.54, 1.807) is 0 Å². The van der Waals surface area contributed by atoms with Crippen LogP contribution in [0.3, 0.4) is 0 Å². The number of nitrogens with zero attached hydrogens (tertiary/aromatic N) is 1. The highest BCUT2D eigenvalue weighted by molar-refractivity contribution is 5.76. The molecule has 2 heteroatoms. The van der Waals surface area contributed by atoms with E-state index in [-0.39, 0.29) is 0 Å². The topological polar surface area (TPSA) is 20.3 Å². The zero-order valence-corrected chi connectivity index (χ0v) is 13.1. The quantitative estimate of drug-likeness (QED) is 0.551. The molecule has 1 amide bonds.